The van der Waals surface area contributed by atoms with E-state index in [4.69, 9.17) is 0 Å². The summed E-state index contributed by atoms with van der Waals surface area (Å²) in [7, 11) is 0. The summed E-state index contributed by atoms with van der Waals surface area (Å²) in [5.41, 5.74) is 2.73. The predicted octanol–water partition coefficient (Wildman–Crippen LogP) is 4.02. The number of para-hydroxylation sites is 1. The van der Waals surface area contributed by atoms with E-state index in [1.54, 1.807) is 11.0 Å². The van der Waals surface area contributed by atoms with Gasteiger partial charge in [0.15, 0.2) is 0 Å². The van der Waals surface area contributed by atoms with E-state index in [1.807, 2.05) is 40.8 Å². The molecule has 0 saturated carbocycles. The lowest BCUT2D eigenvalue weighted by atomic mass is 10.0. The lowest BCUT2D eigenvalue weighted by Crippen LogP contribution is -2.35. The molecule has 2 aromatic rings. The first-order chi connectivity index (χ1) is 9.66. The van der Waals surface area contributed by atoms with E-state index in [9.17, 15) is 9.18 Å². The number of hydrogen-bond donors (Lipinski definition) is 0. The monoisotopic (exact) mass is 381 g/mol. The Morgan fingerprint density at radius 1 is 1.20 bits per heavy atom. The Morgan fingerprint density at radius 2 is 2.00 bits per heavy atom. The van der Waals surface area contributed by atoms with Gasteiger partial charge in [-0.2, -0.15) is 0 Å². The second-order valence-electron chi connectivity index (χ2n) is 4.81. The average Bonchev–Trinajstić information content (AvgIpc) is 2.46. The molecule has 0 N–H and O–H groups in total. The van der Waals surface area contributed by atoms with Crippen molar-refractivity contribution in [2.75, 3.05) is 11.4 Å². The van der Waals surface area contributed by atoms with Gasteiger partial charge in [0.25, 0.3) is 5.91 Å². The summed E-state index contributed by atoms with van der Waals surface area (Å²) in [5, 5.41) is 0. The average molecular weight is 381 g/mol. The zero-order valence-electron chi connectivity index (χ0n) is 10.8. The summed E-state index contributed by atoms with van der Waals surface area (Å²) in [6, 6.07) is 12.3. The molecule has 0 aliphatic carbocycles. The molecule has 102 valence electrons. The Kier molecular flexibility index (Phi) is 3.74. The maximum Gasteiger partial charge on any atom is 0.259 e. The quantitative estimate of drug-likeness (QED) is 0.684. The third kappa shape index (κ3) is 2.44. The smallest absolute Gasteiger partial charge is 0.259 e. The van der Waals surface area contributed by atoms with Crippen molar-refractivity contribution in [3.63, 3.8) is 0 Å². The summed E-state index contributed by atoms with van der Waals surface area (Å²) in [4.78, 5) is 14.5. The highest BCUT2D eigenvalue weighted by molar-refractivity contribution is 14.1. The van der Waals surface area contributed by atoms with E-state index in [2.05, 4.69) is 6.07 Å². The molecular formula is C16H13FINO. The van der Waals surface area contributed by atoms with E-state index >= 15 is 0 Å². The van der Waals surface area contributed by atoms with Crippen LogP contribution in [0.25, 0.3) is 0 Å². The number of rotatable bonds is 1. The molecule has 0 aromatic heterocycles. The molecule has 2 nitrogen and oxygen atoms in total. The van der Waals surface area contributed by atoms with Gasteiger partial charge in [-0.3, -0.25) is 4.79 Å². The zero-order chi connectivity index (χ0) is 14.1. The van der Waals surface area contributed by atoms with Crippen LogP contribution in [-0.2, 0) is 6.42 Å². The molecule has 3 rings (SSSR count). The van der Waals surface area contributed by atoms with Crippen LogP contribution in [0.15, 0.2) is 42.5 Å². The minimum atomic E-state index is -0.315. The fourth-order valence-electron chi connectivity index (χ4n) is 2.55. The third-order valence-electron chi connectivity index (χ3n) is 3.52. The number of amides is 1. The van der Waals surface area contributed by atoms with Crippen molar-refractivity contribution >= 4 is 34.2 Å². The molecule has 20 heavy (non-hydrogen) atoms. The normalized spacial score (nSPS) is 14.0. The second-order valence-corrected chi connectivity index (χ2v) is 5.98. The van der Waals surface area contributed by atoms with Crippen LogP contribution in [0.4, 0.5) is 10.1 Å². The van der Waals surface area contributed by atoms with E-state index in [0.29, 0.717) is 15.7 Å². The Labute approximate surface area is 130 Å². The van der Waals surface area contributed by atoms with E-state index in [1.165, 1.54) is 17.7 Å². The summed E-state index contributed by atoms with van der Waals surface area (Å²) in [6.45, 7) is 0.712. The molecule has 0 radical (unpaired) electrons. The molecule has 0 unspecified atom stereocenters. The van der Waals surface area contributed by atoms with Crippen LogP contribution in [0.1, 0.15) is 22.3 Å². The van der Waals surface area contributed by atoms with Crippen LogP contribution >= 0.6 is 22.6 Å². The molecule has 0 fully saturated rings. The van der Waals surface area contributed by atoms with Crippen LogP contribution in [0, 0.1) is 9.39 Å². The van der Waals surface area contributed by atoms with E-state index < -0.39 is 0 Å². The molecule has 4 heteroatoms. The lowest BCUT2D eigenvalue weighted by molar-refractivity contribution is 0.0984. The number of carbonyl (C=O) groups is 1. The molecule has 1 amide bonds. The first kappa shape index (κ1) is 13.5. The number of nitrogens with zero attached hydrogens (tertiary/aromatic N) is 1. The lowest BCUT2D eigenvalue weighted by Gasteiger charge is -2.29. The van der Waals surface area contributed by atoms with Gasteiger partial charge in [-0.25, -0.2) is 4.39 Å². The van der Waals surface area contributed by atoms with Crippen LogP contribution in [-0.4, -0.2) is 12.5 Å². The minimum absolute atomic E-state index is 0.0541. The summed E-state index contributed by atoms with van der Waals surface area (Å²) >= 11 is 2.01. The van der Waals surface area contributed by atoms with Gasteiger partial charge in [0.05, 0.1) is 5.56 Å². The van der Waals surface area contributed by atoms with Gasteiger partial charge in [0, 0.05) is 15.8 Å². The Balaban J connectivity index is 2.00. The molecule has 1 heterocycles. The molecule has 0 atom stereocenters. The number of anilines is 1. The fourth-order valence-corrected chi connectivity index (χ4v) is 3.26. The number of aryl methyl sites for hydroxylation is 1. The van der Waals surface area contributed by atoms with Crippen LogP contribution < -0.4 is 4.90 Å². The van der Waals surface area contributed by atoms with Crippen molar-refractivity contribution < 1.29 is 9.18 Å². The Morgan fingerprint density at radius 3 is 2.80 bits per heavy atom. The van der Waals surface area contributed by atoms with Gasteiger partial charge in [-0.1, -0.05) is 18.2 Å². The topological polar surface area (TPSA) is 20.3 Å². The van der Waals surface area contributed by atoms with Gasteiger partial charge in [-0.15, -0.1) is 0 Å². The number of halogens is 2. The first-order valence-corrected chi connectivity index (χ1v) is 7.59. The van der Waals surface area contributed by atoms with Gasteiger partial charge in [0.2, 0.25) is 0 Å². The van der Waals surface area contributed by atoms with Crippen molar-refractivity contribution in [3.8, 4) is 0 Å². The SMILES string of the molecule is O=C(c1ccc(F)cc1I)N1CCCc2ccccc21. The highest BCUT2D eigenvalue weighted by Crippen LogP contribution is 2.29. The van der Waals surface area contributed by atoms with Gasteiger partial charge < -0.3 is 4.90 Å². The van der Waals surface area contributed by atoms with E-state index in [-0.39, 0.29) is 11.7 Å². The highest BCUT2D eigenvalue weighted by Gasteiger charge is 2.24. The van der Waals surface area contributed by atoms with Crippen LogP contribution in [0.5, 0.6) is 0 Å². The number of carbonyl (C=O) groups excluding carboxylic acids is 1. The summed E-state index contributed by atoms with van der Waals surface area (Å²) < 4.78 is 13.8. The first-order valence-electron chi connectivity index (χ1n) is 6.51. The maximum atomic E-state index is 13.2. The number of benzene rings is 2. The Bertz CT molecular complexity index is 671. The molecule has 0 bridgehead atoms. The predicted molar refractivity (Wildman–Crippen MR) is 85.6 cm³/mol. The van der Waals surface area contributed by atoms with Crippen molar-refractivity contribution in [1.82, 2.24) is 0 Å². The van der Waals surface area contributed by atoms with Crippen LogP contribution in [0.2, 0.25) is 0 Å². The Hall–Kier alpha value is -1.43. The zero-order valence-corrected chi connectivity index (χ0v) is 12.9. The van der Waals surface area contributed by atoms with Crippen molar-refractivity contribution in [2.45, 2.75) is 12.8 Å². The van der Waals surface area contributed by atoms with Crippen LogP contribution in [0.3, 0.4) is 0 Å². The summed E-state index contributed by atoms with van der Waals surface area (Å²) in [5.74, 6) is -0.369. The molecule has 2 aromatic carbocycles. The molecule has 1 aliphatic heterocycles. The van der Waals surface area contributed by atoms with E-state index in [0.717, 1.165) is 18.5 Å². The fraction of sp³-hybridized carbons (Fsp3) is 0.188. The standard InChI is InChI=1S/C16H13FINO/c17-12-7-8-13(14(18)10-12)16(20)19-9-3-5-11-4-1-2-6-15(11)19/h1-2,4,6-8,10H,3,5,9H2. The third-order valence-corrected chi connectivity index (χ3v) is 4.41. The van der Waals surface area contributed by atoms with Crippen molar-refractivity contribution in [3.05, 3.63) is 63.0 Å². The molecular weight excluding hydrogens is 368 g/mol. The molecule has 0 spiro atoms. The second kappa shape index (κ2) is 5.52. The largest absolute Gasteiger partial charge is 0.308 e. The van der Waals surface area contributed by atoms with Crippen molar-refractivity contribution in [1.29, 1.82) is 0 Å². The van der Waals surface area contributed by atoms with Gasteiger partial charge >= 0.3 is 0 Å². The molecule has 0 saturated heterocycles. The number of hydrogen-bond acceptors (Lipinski definition) is 1. The van der Waals surface area contributed by atoms with Crippen molar-refractivity contribution in [2.24, 2.45) is 0 Å². The minimum Gasteiger partial charge on any atom is -0.308 e. The van der Waals surface area contributed by atoms with Gasteiger partial charge in [-0.05, 0) is 65.3 Å². The highest BCUT2D eigenvalue weighted by atomic mass is 127. The number of fused-ring (bicyclic) bond motifs is 1. The van der Waals surface area contributed by atoms with Gasteiger partial charge in [0.1, 0.15) is 5.82 Å². The maximum absolute atomic E-state index is 13.2. The molecule has 1 aliphatic rings. The summed E-state index contributed by atoms with van der Waals surface area (Å²) in [6.07, 6.45) is 1.96.